The summed E-state index contributed by atoms with van der Waals surface area (Å²) in [5.74, 6) is 6.11. The first-order valence-corrected chi connectivity index (χ1v) is 9.20. The Hall–Kier alpha value is -2.94. The van der Waals surface area contributed by atoms with Gasteiger partial charge in [0.05, 0.1) is 23.8 Å². The van der Waals surface area contributed by atoms with Gasteiger partial charge < -0.3 is 10.9 Å². The zero-order valence-corrected chi connectivity index (χ0v) is 15.7. The molecule has 1 aliphatic heterocycles. The van der Waals surface area contributed by atoms with E-state index >= 15 is 0 Å². The fourth-order valence-corrected chi connectivity index (χ4v) is 3.33. The molecule has 1 saturated heterocycles. The van der Waals surface area contributed by atoms with Gasteiger partial charge in [-0.15, -0.1) is 0 Å². The van der Waals surface area contributed by atoms with Gasteiger partial charge in [-0.05, 0) is 61.7 Å². The van der Waals surface area contributed by atoms with Gasteiger partial charge in [-0.2, -0.15) is 18.3 Å². The van der Waals surface area contributed by atoms with Crippen LogP contribution in [0, 0.1) is 0 Å². The number of phenolic OH excluding ortho intramolecular Hbond substituents is 1. The normalized spacial score (nSPS) is 17.1. The van der Waals surface area contributed by atoms with Gasteiger partial charge in [-0.1, -0.05) is 12.1 Å². The second kappa shape index (κ2) is 9.04. The number of nitrogens with zero attached hydrogens (tertiary/aromatic N) is 4. The van der Waals surface area contributed by atoms with E-state index in [0.717, 1.165) is 43.8 Å². The maximum atomic E-state index is 12.5. The second-order valence-electron chi connectivity index (χ2n) is 6.92. The van der Waals surface area contributed by atoms with Crippen molar-refractivity contribution < 1.29 is 18.3 Å². The molecular weight excluding hydrogens is 383 g/mol. The molecule has 0 unspecified atom stereocenters. The molecule has 29 heavy (non-hydrogen) atoms. The minimum Gasteiger partial charge on any atom is -0.508 e. The number of alkyl halides is 3. The van der Waals surface area contributed by atoms with Crippen LogP contribution in [-0.2, 0) is 6.18 Å². The third kappa shape index (κ3) is 5.77. The highest BCUT2D eigenvalue weighted by atomic mass is 19.4. The molecular formula is C20H22F3N5O. The van der Waals surface area contributed by atoms with E-state index in [9.17, 15) is 18.3 Å². The lowest BCUT2D eigenvalue weighted by molar-refractivity contribution is -0.141. The Morgan fingerprint density at radius 1 is 1.24 bits per heavy atom. The Morgan fingerprint density at radius 2 is 2.00 bits per heavy atom. The van der Waals surface area contributed by atoms with Gasteiger partial charge in [0.15, 0.2) is 0 Å². The summed E-state index contributed by atoms with van der Waals surface area (Å²) < 4.78 is 37.6. The van der Waals surface area contributed by atoms with Crippen molar-refractivity contribution in [3.8, 4) is 5.75 Å². The predicted molar refractivity (Wildman–Crippen MR) is 106 cm³/mol. The number of likely N-dealkylation sites (tertiary alicyclic amines) is 1. The Kier molecular flexibility index (Phi) is 6.48. The number of hydrogen-bond donors (Lipinski definition) is 2. The number of piperidine rings is 1. The maximum absolute atomic E-state index is 12.5. The third-order valence-electron chi connectivity index (χ3n) is 4.88. The van der Waals surface area contributed by atoms with Crippen molar-refractivity contribution in [3.05, 3.63) is 53.9 Å². The highest BCUT2D eigenvalue weighted by molar-refractivity contribution is 6.31. The lowest BCUT2D eigenvalue weighted by Crippen LogP contribution is -2.37. The summed E-state index contributed by atoms with van der Waals surface area (Å²) in [7, 11) is 0. The lowest BCUT2D eigenvalue weighted by Gasteiger charge is -2.32. The Labute approximate surface area is 166 Å². The SMILES string of the molecule is NN=C(C=Nc1ccc(C(F)(F)F)nc1)CN1CCC(c2cccc(O)c2)CC1. The molecule has 1 aliphatic rings. The fourth-order valence-electron chi connectivity index (χ4n) is 3.33. The molecule has 3 N–H and O–H groups in total. The topological polar surface area (TPSA) is 87.1 Å². The van der Waals surface area contributed by atoms with E-state index in [4.69, 9.17) is 5.84 Å². The van der Waals surface area contributed by atoms with Crippen LogP contribution < -0.4 is 5.84 Å². The largest absolute Gasteiger partial charge is 0.508 e. The van der Waals surface area contributed by atoms with Gasteiger partial charge in [0.2, 0.25) is 0 Å². The van der Waals surface area contributed by atoms with Gasteiger partial charge in [0, 0.05) is 6.54 Å². The number of aromatic nitrogens is 1. The number of benzene rings is 1. The molecule has 1 aromatic heterocycles. The van der Waals surface area contributed by atoms with Crippen molar-refractivity contribution in [2.24, 2.45) is 15.9 Å². The molecule has 0 bridgehead atoms. The van der Waals surface area contributed by atoms with Crippen LogP contribution in [0.1, 0.15) is 30.0 Å². The number of hydrazone groups is 1. The summed E-state index contributed by atoms with van der Waals surface area (Å²) >= 11 is 0. The summed E-state index contributed by atoms with van der Waals surface area (Å²) in [6.07, 6.45) is -0.0703. The molecule has 0 atom stereocenters. The quantitative estimate of drug-likeness (QED) is 0.451. The molecule has 0 spiro atoms. The minimum absolute atomic E-state index is 0.274. The minimum atomic E-state index is -4.48. The molecule has 154 valence electrons. The third-order valence-corrected chi connectivity index (χ3v) is 4.88. The first-order chi connectivity index (χ1) is 13.8. The first kappa shape index (κ1) is 20.8. The summed E-state index contributed by atoms with van der Waals surface area (Å²) in [6, 6.07) is 9.48. The molecule has 1 fully saturated rings. The van der Waals surface area contributed by atoms with Crippen LogP contribution in [0.3, 0.4) is 0 Å². The zero-order chi connectivity index (χ0) is 20.9. The highest BCUT2D eigenvalue weighted by Crippen LogP contribution is 2.30. The van der Waals surface area contributed by atoms with Gasteiger partial charge >= 0.3 is 6.18 Å². The van der Waals surface area contributed by atoms with E-state index in [1.165, 1.54) is 12.3 Å². The van der Waals surface area contributed by atoms with Crippen molar-refractivity contribution in [3.63, 3.8) is 0 Å². The van der Waals surface area contributed by atoms with Crippen LogP contribution >= 0.6 is 0 Å². The average Bonchev–Trinajstić information content (AvgIpc) is 2.71. The number of aromatic hydroxyl groups is 1. The Balaban J connectivity index is 1.54. The van der Waals surface area contributed by atoms with Gasteiger partial charge in [-0.25, -0.2) is 4.98 Å². The lowest BCUT2D eigenvalue weighted by atomic mass is 9.89. The molecule has 0 amide bonds. The van der Waals surface area contributed by atoms with E-state index in [1.807, 2.05) is 12.1 Å². The standard InChI is InChI=1S/C20H22F3N5O/c21-20(22,23)19-5-4-16(11-26-19)25-12-17(27-24)13-28-8-6-14(7-9-28)15-2-1-3-18(29)10-15/h1-5,10-12,14,29H,6-9,13,24H2. The van der Waals surface area contributed by atoms with Crippen molar-refractivity contribution in [1.29, 1.82) is 0 Å². The molecule has 2 heterocycles. The number of phenols is 1. The molecule has 3 rings (SSSR count). The average molecular weight is 405 g/mol. The number of rotatable bonds is 5. The molecule has 6 nitrogen and oxygen atoms in total. The number of hydrogen-bond acceptors (Lipinski definition) is 6. The van der Waals surface area contributed by atoms with E-state index < -0.39 is 11.9 Å². The molecule has 0 radical (unpaired) electrons. The molecule has 9 heteroatoms. The fraction of sp³-hybridized carbons (Fsp3) is 0.350. The van der Waals surface area contributed by atoms with Crippen LogP contribution in [0.5, 0.6) is 5.75 Å². The van der Waals surface area contributed by atoms with Crippen molar-refractivity contribution >= 4 is 17.6 Å². The molecule has 0 saturated carbocycles. The predicted octanol–water partition coefficient (Wildman–Crippen LogP) is 3.70. The van der Waals surface area contributed by atoms with E-state index in [1.54, 1.807) is 12.1 Å². The number of halogens is 3. The van der Waals surface area contributed by atoms with Gasteiger partial charge in [0.1, 0.15) is 11.4 Å². The van der Waals surface area contributed by atoms with Gasteiger partial charge in [0.25, 0.3) is 0 Å². The zero-order valence-electron chi connectivity index (χ0n) is 15.7. The smallest absolute Gasteiger partial charge is 0.433 e. The van der Waals surface area contributed by atoms with E-state index in [2.05, 4.69) is 20.0 Å². The Bertz CT molecular complexity index is 872. The summed E-state index contributed by atoms with van der Waals surface area (Å²) in [5, 5.41) is 13.4. The van der Waals surface area contributed by atoms with Crippen LogP contribution in [0.2, 0.25) is 0 Å². The summed E-state index contributed by atoms with van der Waals surface area (Å²) in [6.45, 7) is 2.19. The van der Waals surface area contributed by atoms with E-state index in [0.29, 0.717) is 23.9 Å². The number of nitrogens with two attached hydrogens (primary N) is 1. The maximum Gasteiger partial charge on any atom is 0.433 e. The Morgan fingerprint density at radius 3 is 2.59 bits per heavy atom. The molecule has 2 aromatic rings. The van der Waals surface area contributed by atoms with Crippen LogP contribution in [-0.4, -0.2) is 46.6 Å². The highest BCUT2D eigenvalue weighted by Gasteiger charge is 2.32. The summed E-state index contributed by atoms with van der Waals surface area (Å²) in [4.78, 5) is 9.69. The van der Waals surface area contributed by atoms with Crippen LogP contribution in [0.25, 0.3) is 0 Å². The second-order valence-corrected chi connectivity index (χ2v) is 6.92. The molecule has 0 aliphatic carbocycles. The number of aliphatic imine (C=N–C) groups is 1. The van der Waals surface area contributed by atoms with Crippen LogP contribution in [0.4, 0.5) is 18.9 Å². The van der Waals surface area contributed by atoms with Crippen LogP contribution in [0.15, 0.2) is 52.7 Å². The number of pyridine rings is 1. The summed E-state index contributed by atoms with van der Waals surface area (Å²) in [5.41, 5.74) is 0.995. The van der Waals surface area contributed by atoms with Crippen molar-refractivity contribution in [2.45, 2.75) is 24.9 Å². The molecule has 1 aromatic carbocycles. The van der Waals surface area contributed by atoms with Crippen molar-refractivity contribution in [2.75, 3.05) is 19.6 Å². The first-order valence-electron chi connectivity index (χ1n) is 9.20. The van der Waals surface area contributed by atoms with Gasteiger partial charge in [-0.3, -0.25) is 9.89 Å². The van der Waals surface area contributed by atoms with Crippen molar-refractivity contribution in [1.82, 2.24) is 9.88 Å². The monoisotopic (exact) mass is 405 g/mol. The van der Waals surface area contributed by atoms with E-state index in [-0.39, 0.29) is 5.75 Å².